The number of hydrogen-bond acceptors (Lipinski definition) is 2. The van der Waals surface area contributed by atoms with E-state index in [1.54, 1.807) is 23.1 Å². The Balaban J connectivity index is 2.44. The van der Waals surface area contributed by atoms with Crippen molar-refractivity contribution in [3.8, 4) is 0 Å². The minimum Gasteiger partial charge on any atom is -0.398 e. The van der Waals surface area contributed by atoms with Gasteiger partial charge in [-0.25, -0.2) is 4.39 Å². The minimum absolute atomic E-state index is 0.174. The molecule has 0 saturated heterocycles. The molecule has 21 heavy (non-hydrogen) atoms. The molecule has 4 heteroatoms. The van der Waals surface area contributed by atoms with E-state index in [1.807, 2.05) is 26.8 Å². The van der Waals surface area contributed by atoms with Crippen LogP contribution in [-0.4, -0.2) is 12.5 Å². The number of hydrogen-bond donors (Lipinski definition) is 1. The second kappa shape index (κ2) is 5.95. The molecule has 0 bridgehead atoms. The normalized spacial score (nSPS) is 10.5. The summed E-state index contributed by atoms with van der Waals surface area (Å²) in [5.74, 6) is -0.536. The number of nitrogens with zero attached hydrogens (tertiary/aromatic N) is 1. The van der Waals surface area contributed by atoms with E-state index in [2.05, 4.69) is 0 Å². The summed E-state index contributed by atoms with van der Waals surface area (Å²) in [4.78, 5) is 14.3. The highest BCUT2D eigenvalue weighted by Crippen LogP contribution is 2.23. The Bertz CT molecular complexity index is 682. The van der Waals surface area contributed by atoms with Crippen LogP contribution < -0.4 is 10.6 Å². The number of carbonyl (C=O) groups is 1. The molecule has 0 aliphatic rings. The monoisotopic (exact) mass is 286 g/mol. The second-order valence-electron chi connectivity index (χ2n) is 5.05. The molecule has 0 fully saturated rings. The zero-order valence-corrected chi connectivity index (χ0v) is 12.5. The van der Waals surface area contributed by atoms with Crippen LogP contribution in [0.3, 0.4) is 0 Å². The van der Waals surface area contributed by atoms with Crippen molar-refractivity contribution in [2.75, 3.05) is 17.2 Å². The molecule has 1 amide bonds. The first-order valence-electron chi connectivity index (χ1n) is 6.88. The zero-order valence-electron chi connectivity index (χ0n) is 12.5. The van der Waals surface area contributed by atoms with Crippen molar-refractivity contribution in [2.24, 2.45) is 0 Å². The van der Waals surface area contributed by atoms with E-state index in [9.17, 15) is 9.18 Å². The van der Waals surface area contributed by atoms with Gasteiger partial charge in [0.1, 0.15) is 5.82 Å². The molecule has 0 atom stereocenters. The Hall–Kier alpha value is -2.36. The lowest BCUT2D eigenvalue weighted by atomic mass is 10.0. The average molecular weight is 286 g/mol. The van der Waals surface area contributed by atoms with E-state index in [1.165, 1.54) is 12.1 Å². The van der Waals surface area contributed by atoms with E-state index in [0.717, 1.165) is 11.1 Å². The summed E-state index contributed by atoms with van der Waals surface area (Å²) in [5.41, 5.74) is 9.38. The van der Waals surface area contributed by atoms with Crippen LogP contribution >= 0.6 is 0 Å². The van der Waals surface area contributed by atoms with Gasteiger partial charge in [-0.15, -0.1) is 0 Å². The van der Waals surface area contributed by atoms with Gasteiger partial charge in [-0.05, 0) is 56.2 Å². The highest BCUT2D eigenvalue weighted by Gasteiger charge is 2.19. The van der Waals surface area contributed by atoms with Gasteiger partial charge in [0.25, 0.3) is 5.91 Å². The molecule has 0 heterocycles. The molecule has 0 unspecified atom stereocenters. The zero-order chi connectivity index (χ0) is 15.6. The predicted molar refractivity (Wildman–Crippen MR) is 84.1 cm³/mol. The number of amides is 1. The van der Waals surface area contributed by atoms with Gasteiger partial charge in [0.05, 0.1) is 0 Å². The highest BCUT2D eigenvalue weighted by molar-refractivity contribution is 6.07. The fourth-order valence-corrected chi connectivity index (χ4v) is 2.33. The lowest BCUT2D eigenvalue weighted by Gasteiger charge is -2.22. The summed E-state index contributed by atoms with van der Waals surface area (Å²) in [6.07, 6.45) is 0. The smallest absolute Gasteiger partial charge is 0.258 e. The largest absolute Gasteiger partial charge is 0.398 e. The lowest BCUT2D eigenvalue weighted by molar-refractivity contribution is 0.0987. The van der Waals surface area contributed by atoms with Gasteiger partial charge < -0.3 is 10.6 Å². The average Bonchev–Trinajstić information content (AvgIpc) is 2.43. The molecule has 2 N–H and O–H groups in total. The molecule has 2 aromatic rings. The highest BCUT2D eigenvalue weighted by atomic mass is 19.1. The number of anilines is 2. The Morgan fingerprint density at radius 2 is 1.90 bits per heavy atom. The standard InChI is InChI=1S/C17H19FN2O/c1-4-20(14-7-5-6-13(18)9-14)17(21)15-10-16(19)12(3)8-11(15)2/h5-10H,4,19H2,1-3H3. The van der Waals surface area contributed by atoms with Crippen molar-refractivity contribution in [1.82, 2.24) is 0 Å². The quantitative estimate of drug-likeness (QED) is 0.875. The number of aryl methyl sites for hydroxylation is 2. The van der Waals surface area contributed by atoms with Gasteiger partial charge in [-0.2, -0.15) is 0 Å². The topological polar surface area (TPSA) is 46.3 Å². The molecule has 110 valence electrons. The van der Waals surface area contributed by atoms with E-state index in [4.69, 9.17) is 5.73 Å². The third kappa shape index (κ3) is 3.05. The van der Waals surface area contributed by atoms with Gasteiger partial charge in [0, 0.05) is 23.5 Å². The van der Waals surface area contributed by atoms with Crippen molar-refractivity contribution in [3.05, 3.63) is 58.9 Å². The molecule has 0 saturated carbocycles. The molecule has 0 radical (unpaired) electrons. The molecule has 2 rings (SSSR count). The molecular formula is C17H19FN2O. The van der Waals surface area contributed by atoms with Gasteiger partial charge in [0.2, 0.25) is 0 Å². The van der Waals surface area contributed by atoms with E-state index >= 15 is 0 Å². The van der Waals surface area contributed by atoms with Crippen molar-refractivity contribution in [3.63, 3.8) is 0 Å². The van der Waals surface area contributed by atoms with E-state index < -0.39 is 0 Å². The first-order valence-corrected chi connectivity index (χ1v) is 6.88. The predicted octanol–water partition coefficient (Wildman–Crippen LogP) is 3.69. The first kappa shape index (κ1) is 15.0. The number of halogens is 1. The number of benzene rings is 2. The fraction of sp³-hybridized carbons (Fsp3) is 0.235. The number of nitrogen functional groups attached to an aromatic ring is 1. The Labute approximate surface area is 124 Å². The summed E-state index contributed by atoms with van der Waals surface area (Å²) in [6, 6.07) is 9.61. The van der Waals surface area contributed by atoms with Crippen LogP contribution in [0.4, 0.5) is 15.8 Å². The minimum atomic E-state index is -0.362. The van der Waals surface area contributed by atoms with Crippen LogP contribution in [0.1, 0.15) is 28.4 Å². The molecule has 0 spiro atoms. The van der Waals surface area contributed by atoms with Crippen molar-refractivity contribution in [1.29, 1.82) is 0 Å². The maximum atomic E-state index is 13.4. The summed E-state index contributed by atoms with van der Waals surface area (Å²) in [7, 11) is 0. The number of carbonyl (C=O) groups excluding carboxylic acids is 1. The molecule has 0 aliphatic carbocycles. The Morgan fingerprint density at radius 1 is 1.19 bits per heavy atom. The van der Waals surface area contributed by atoms with Crippen LogP contribution in [-0.2, 0) is 0 Å². The third-order valence-corrected chi connectivity index (χ3v) is 3.52. The molecule has 2 aromatic carbocycles. The lowest BCUT2D eigenvalue weighted by Crippen LogP contribution is -2.31. The number of nitrogens with two attached hydrogens (primary N) is 1. The van der Waals surface area contributed by atoms with Crippen LogP contribution in [0.25, 0.3) is 0 Å². The Morgan fingerprint density at radius 3 is 2.52 bits per heavy atom. The van der Waals surface area contributed by atoms with Crippen molar-refractivity contribution in [2.45, 2.75) is 20.8 Å². The van der Waals surface area contributed by atoms with E-state index in [-0.39, 0.29) is 11.7 Å². The molecule has 0 aromatic heterocycles. The van der Waals surface area contributed by atoms with Crippen molar-refractivity contribution >= 4 is 17.3 Å². The maximum Gasteiger partial charge on any atom is 0.258 e. The summed E-state index contributed by atoms with van der Waals surface area (Å²) >= 11 is 0. The first-order chi connectivity index (χ1) is 9.93. The van der Waals surface area contributed by atoms with Crippen LogP contribution in [0.2, 0.25) is 0 Å². The summed E-state index contributed by atoms with van der Waals surface area (Å²) < 4.78 is 13.4. The molecular weight excluding hydrogens is 267 g/mol. The second-order valence-corrected chi connectivity index (χ2v) is 5.05. The van der Waals surface area contributed by atoms with Gasteiger partial charge in [0.15, 0.2) is 0 Å². The van der Waals surface area contributed by atoms with Gasteiger partial charge in [-0.1, -0.05) is 12.1 Å². The van der Waals surface area contributed by atoms with Crippen molar-refractivity contribution < 1.29 is 9.18 Å². The van der Waals surface area contributed by atoms with Gasteiger partial charge >= 0.3 is 0 Å². The summed E-state index contributed by atoms with van der Waals surface area (Å²) in [5, 5.41) is 0. The van der Waals surface area contributed by atoms with Gasteiger partial charge in [-0.3, -0.25) is 4.79 Å². The summed E-state index contributed by atoms with van der Waals surface area (Å²) in [6.45, 7) is 6.09. The third-order valence-electron chi connectivity index (χ3n) is 3.52. The maximum absolute atomic E-state index is 13.4. The van der Waals surface area contributed by atoms with Crippen LogP contribution in [0.15, 0.2) is 36.4 Å². The van der Waals surface area contributed by atoms with Crippen LogP contribution in [0, 0.1) is 19.7 Å². The molecule has 0 aliphatic heterocycles. The van der Waals surface area contributed by atoms with E-state index in [0.29, 0.717) is 23.5 Å². The molecule has 3 nitrogen and oxygen atoms in total. The fourth-order valence-electron chi connectivity index (χ4n) is 2.33. The Kier molecular flexibility index (Phi) is 4.26. The SMILES string of the molecule is CCN(C(=O)c1cc(N)c(C)cc1C)c1cccc(F)c1. The number of rotatable bonds is 3. The van der Waals surface area contributed by atoms with Crippen LogP contribution in [0.5, 0.6) is 0 Å².